The summed E-state index contributed by atoms with van der Waals surface area (Å²) in [4.78, 5) is 12.1. The summed E-state index contributed by atoms with van der Waals surface area (Å²) in [6, 6.07) is 5.92. The zero-order valence-corrected chi connectivity index (χ0v) is 15.9. The Bertz CT molecular complexity index is 631. The average molecular weight is 392 g/mol. The van der Waals surface area contributed by atoms with E-state index in [2.05, 4.69) is 15.4 Å². The molecule has 0 aliphatic carbocycles. The van der Waals surface area contributed by atoms with Crippen LogP contribution >= 0.6 is 12.4 Å². The molecule has 0 aromatic heterocycles. The van der Waals surface area contributed by atoms with Gasteiger partial charge in [-0.05, 0) is 43.7 Å². The molecule has 0 bridgehead atoms. The second-order valence-electron chi connectivity index (χ2n) is 5.62. The molecule has 1 saturated heterocycles. The van der Waals surface area contributed by atoms with Gasteiger partial charge in [0.2, 0.25) is 10.0 Å². The summed E-state index contributed by atoms with van der Waals surface area (Å²) >= 11 is 0. The van der Waals surface area contributed by atoms with Gasteiger partial charge in [-0.15, -0.1) is 12.4 Å². The number of carbonyl (C=O) groups is 1. The van der Waals surface area contributed by atoms with Crippen LogP contribution < -0.4 is 15.4 Å². The lowest BCUT2D eigenvalue weighted by Gasteiger charge is -2.12. The van der Waals surface area contributed by atoms with Gasteiger partial charge in [0.15, 0.2) is 0 Å². The van der Waals surface area contributed by atoms with E-state index in [1.165, 1.54) is 24.3 Å². The van der Waals surface area contributed by atoms with Gasteiger partial charge in [0.25, 0.3) is 5.91 Å². The number of likely N-dealkylation sites (N-methyl/N-ethyl adjacent to an activating group) is 1. The first-order valence-corrected chi connectivity index (χ1v) is 9.71. The molecule has 1 aliphatic rings. The molecule has 1 amide bonds. The van der Waals surface area contributed by atoms with Crippen LogP contribution in [0.1, 0.15) is 30.1 Å². The number of amides is 1. The van der Waals surface area contributed by atoms with Gasteiger partial charge in [-0.1, -0.05) is 6.92 Å². The minimum atomic E-state index is -3.59. The van der Waals surface area contributed by atoms with Gasteiger partial charge in [-0.2, -0.15) is 0 Å². The van der Waals surface area contributed by atoms with Gasteiger partial charge >= 0.3 is 0 Å². The van der Waals surface area contributed by atoms with Gasteiger partial charge in [0, 0.05) is 31.8 Å². The molecule has 0 saturated carbocycles. The second kappa shape index (κ2) is 10.7. The number of halogens is 1. The zero-order valence-electron chi connectivity index (χ0n) is 14.3. The SMILES string of the molecule is CCNCCNC(=O)c1ccc(S(=O)(=O)NCC2CCCO2)cc1.Cl. The Balaban J connectivity index is 0.00000312. The third-order valence-corrected chi connectivity index (χ3v) is 5.23. The largest absolute Gasteiger partial charge is 0.377 e. The highest BCUT2D eigenvalue weighted by atomic mass is 35.5. The molecule has 2 rings (SSSR count). The Hall–Kier alpha value is -1.19. The highest BCUT2D eigenvalue weighted by Crippen LogP contribution is 2.14. The Kier molecular flexibility index (Phi) is 9.37. The van der Waals surface area contributed by atoms with E-state index in [0.717, 1.165) is 19.4 Å². The first kappa shape index (κ1) is 21.9. The molecule has 7 nitrogen and oxygen atoms in total. The second-order valence-corrected chi connectivity index (χ2v) is 7.39. The number of nitrogens with one attached hydrogen (secondary N) is 3. The molecule has 25 heavy (non-hydrogen) atoms. The summed E-state index contributed by atoms with van der Waals surface area (Å²) in [6.45, 7) is 5.02. The van der Waals surface area contributed by atoms with E-state index in [1.807, 2.05) is 6.92 Å². The van der Waals surface area contributed by atoms with E-state index >= 15 is 0 Å². The van der Waals surface area contributed by atoms with Crippen molar-refractivity contribution in [1.82, 2.24) is 15.4 Å². The van der Waals surface area contributed by atoms with Crippen LogP contribution in [-0.4, -0.2) is 53.2 Å². The van der Waals surface area contributed by atoms with Crippen molar-refractivity contribution in [2.24, 2.45) is 0 Å². The fourth-order valence-electron chi connectivity index (χ4n) is 2.42. The van der Waals surface area contributed by atoms with E-state index in [4.69, 9.17) is 4.74 Å². The van der Waals surface area contributed by atoms with Crippen LogP contribution in [0, 0.1) is 0 Å². The minimum Gasteiger partial charge on any atom is -0.377 e. The molecule has 0 spiro atoms. The number of benzene rings is 1. The number of carbonyl (C=O) groups excluding carboxylic acids is 1. The van der Waals surface area contributed by atoms with E-state index in [1.54, 1.807) is 0 Å². The highest BCUT2D eigenvalue weighted by molar-refractivity contribution is 7.89. The smallest absolute Gasteiger partial charge is 0.251 e. The summed E-state index contributed by atoms with van der Waals surface area (Å²) in [5.74, 6) is -0.218. The summed E-state index contributed by atoms with van der Waals surface area (Å²) in [7, 11) is -3.59. The number of sulfonamides is 1. The van der Waals surface area contributed by atoms with Crippen molar-refractivity contribution in [2.75, 3.05) is 32.8 Å². The molecule has 1 unspecified atom stereocenters. The van der Waals surface area contributed by atoms with Crippen molar-refractivity contribution >= 4 is 28.3 Å². The third kappa shape index (κ3) is 6.91. The Morgan fingerprint density at radius 2 is 1.96 bits per heavy atom. The lowest BCUT2D eigenvalue weighted by molar-refractivity contribution is 0.0954. The van der Waals surface area contributed by atoms with Crippen LogP contribution in [0.25, 0.3) is 0 Å². The number of hydrogen-bond acceptors (Lipinski definition) is 5. The van der Waals surface area contributed by atoms with Crippen LogP contribution in [0.3, 0.4) is 0 Å². The predicted molar refractivity (Wildman–Crippen MR) is 98.7 cm³/mol. The molecule has 1 heterocycles. The van der Waals surface area contributed by atoms with Crippen molar-refractivity contribution in [3.8, 4) is 0 Å². The normalized spacial score (nSPS) is 17.1. The first-order valence-electron chi connectivity index (χ1n) is 8.23. The van der Waals surface area contributed by atoms with Crippen LogP contribution in [-0.2, 0) is 14.8 Å². The molecule has 1 fully saturated rings. The number of hydrogen-bond donors (Lipinski definition) is 3. The number of ether oxygens (including phenoxy) is 1. The minimum absolute atomic E-state index is 0. The zero-order chi connectivity index (χ0) is 17.4. The summed E-state index contributed by atoms with van der Waals surface area (Å²) in [5.41, 5.74) is 0.435. The Morgan fingerprint density at radius 3 is 2.56 bits per heavy atom. The highest BCUT2D eigenvalue weighted by Gasteiger charge is 2.20. The van der Waals surface area contributed by atoms with Gasteiger partial charge < -0.3 is 15.4 Å². The van der Waals surface area contributed by atoms with Crippen LogP contribution in [0.4, 0.5) is 0 Å². The van der Waals surface area contributed by atoms with Crippen molar-refractivity contribution in [2.45, 2.75) is 30.8 Å². The molecule has 0 radical (unpaired) electrons. The quantitative estimate of drug-likeness (QED) is 0.543. The van der Waals surface area contributed by atoms with Crippen molar-refractivity contribution in [1.29, 1.82) is 0 Å². The van der Waals surface area contributed by atoms with Gasteiger partial charge in [0.05, 0.1) is 11.0 Å². The van der Waals surface area contributed by atoms with Crippen molar-refractivity contribution in [3.05, 3.63) is 29.8 Å². The van der Waals surface area contributed by atoms with E-state index < -0.39 is 10.0 Å². The van der Waals surface area contributed by atoms with Crippen LogP contribution in [0.5, 0.6) is 0 Å². The fourth-order valence-corrected chi connectivity index (χ4v) is 3.49. The third-order valence-electron chi connectivity index (χ3n) is 3.79. The molecule has 1 aliphatic heterocycles. The maximum absolute atomic E-state index is 12.2. The van der Waals surface area contributed by atoms with Gasteiger partial charge in [-0.3, -0.25) is 4.79 Å². The molecule has 142 valence electrons. The van der Waals surface area contributed by atoms with E-state index in [-0.39, 0.29) is 35.9 Å². The maximum Gasteiger partial charge on any atom is 0.251 e. The molecule has 1 aromatic rings. The van der Waals surface area contributed by atoms with Crippen molar-refractivity contribution in [3.63, 3.8) is 0 Å². The Labute approximate surface area is 155 Å². The summed E-state index contributed by atoms with van der Waals surface area (Å²) in [5, 5.41) is 5.88. The monoisotopic (exact) mass is 391 g/mol. The average Bonchev–Trinajstić information content (AvgIpc) is 3.10. The molecule has 3 N–H and O–H groups in total. The Morgan fingerprint density at radius 1 is 1.24 bits per heavy atom. The fraction of sp³-hybridized carbons (Fsp3) is 0.562. The topological polar surface area (TPSA) is 96.5 Å². The first-order chi connectivity index (χ1) is 11.5. The summed E-state index contributed by atoms with van der Waals surface area (Å²) in [6.07, 6.45) is 1.78. The van der Waals surface area contributed by atoms with Crippen LogP contribution in [0.2, 0.25) is 0 Å². The molecule has 9 heteroatoms. The maximum atomic E-state index is 12.2. The lowest BCUT2D eigenvalue weighted by Crippen LogP contribution is -2.32. The summed E-state index contributed by atoms with van der Waals surface area (Å²) < 4.78 is 32.4. The molecule has 1 aromatic carbocycles. The van der Waals surface area contributed by atoms with Gasteiger partial charge in [0.1, 0.15) is 0 Å². The molecular weight excluding hydrogens is 366 g/mol. The van der Waals surface area contributed by atoms with Crippen molar-refractivity contribution < 1.29 is 17.9 Å². The molecular formula is C16H26ClN3O4S. The standard InChI is InChI=1S/C16H25N3O4S.ClH/c1-2-17-9-10-18-16(20)13-5-7-15(8-6-13)24(21,22)19-12-14-4-3-11-23-14;/h5-8,14,17,19H,2-4,9-12H2,1H3,(H,18,20);1H. The predicted octanol–water partition coefficient (Wildman–Crippen LogP) is 0.905. The molecule has 1 atom stereocenters. The van der Waals surface area contributed by atoms with Gasteiger partial charge in [-0.25, -0.2) is 13.1 Å². The van der Waals surface area contributed by atoms with E-state index in [0.29, 0.717) is 25.3 Å². The van der Waals surface area contributed by atoms with E-state index in [9.17, 15) is 13.2 Å². The van der Waals surface area contributed by atoms with Crippen LogP contribution in [0.15, 0.2) is 29.2 Å². The lowest BCUT2D eigenvalue weighted by atomic mass is 10.2. The number of rotatable bonds is 9.